The SMILES string of the molecule is CCCCC/C=C\C/C=C\CCCCCCCCCCCC(=O)OC(CCC/C=C\C/C=C\CCCCCCC)CCCCCCCC(=O)O. The van der Waals surface area contributed by atoms with Crippen LogP contribution in [0.15, 0.2) is 48.6 Å². The molecule has 0 saturated heterocycles. The van der Waals surface area contributed by atoms with E-state index < -0.39 is 5.97 Å². The molecule has 290 valence electrons. The molecule has 4 heteroatoms. The second-order valence-electron chi connectivity index (χ2n) is 14.5. The number of carbonyl (C=O) groups excluding carboxylic acids is 1. The topological polar surface area (TPSA) is 63.6 Å². The fourth-order valence-electron chi connectivity index (χ4n) is 6.31. The van der Waals surface area contributed by atoms with Gasteiger partial charge >= 0.3 is 11.9 Å². The first-order valence-corrected chi connectivity index (χ1v) is 21.6. The van der Waals surface area contributed by atoms with Crippen molar-refractivity contribution in [3.05, 3.63) is 48.6 Å². The van der Waals surface area contributed by atoms with Gasteiger partial charge in [0.05, 0.1) is 0 Å². The van der Waals surface area contributed by atoms with Gasteiger partial charge in [-0.25, -0.2) is 0 Å². The fraction of sp³-hybridized carbons (Fsp3) is 0.783. The number of aliphatic carboxylic acids is 1. The first kappa shape index (κ1) is 47.9. The largest absolute Gasteiger partial charge is 0.481 e. The first-order valence-electron chi connectivity index (χ1n) is 21.6. The van der Waals surface area contributed by atoms with Crippen LogP contribution in [0.5, 0.6) is 0 Å². The smallest absolute Gasteiger partial charge is 0.306 e. The molecule has 1 unspecified atom stereocenters. The van der Waals surface area contributed by atoms with Crippen LogP contribution in [-0.2, 0) is 14.3 Å². The Morgan fingerprint density at radius 1 is 0.440 bits per heavy atom. The molecule has 0 aromatic heterocycles. The molecule has 0 aliphatic rings. The van der Waals surface area contributed by atoms with Gasteiger partial charge in [-0.2, -0.15) is 0 Å². The predicted molar refractivity (Wildman–Crippen MR) is 218 cm³/mol. The van der Waals surface area contributed by atoms with Crippen LogP contribution < -0.4 is 0 Å². The number of rotatable bonds is 39. The number of unbranched alkanes of at least 4 members (excludes halogenated alkanes) is 22. The standard InChI is InChI=1S/C46H82O4/c1-3-5-7-9-11-13-15-17-18-19-20-21-22-24-26-28-30-35-39-43-46(49)50-44(41-37-33-31-34-38-42-45(47)48)40-36-32-29-27-25-23-16-14-12-10-8-6-4-2/h11,13,16-18,23,27,29,44H,3-10,12,14-15,19-22,24-26,28,30-43H2,1-2H3,(H,47,48)/b13-11-,18-17-,23-16-,29-27-. The number of hydrogen-bond donors (Lipinski definition) is 1. The minimum Gasteiger partial charge on any atom is -0.481 e. The van der Waals surface area contributed by atoms with Gasteiger partial charge in [0.2, 0.25) is 0 Å². The van der Waals surface area contributed by atoms with Crippen LogP contribution >= 0.6 is 0 Å². The number of allylic oxidation sites excluding steroid dienone is 8. The molecule has 0 aliphatic carbocycles. The Labute approximate surface area is 311 Å². The molecular formula is C46H82O4. The molecule has 0 aromatic carbocycles. The van der Waals surface area contributed by atoms with Gasteiger partial charge in [0.25, 0.3) is 0 Å². The van der Waals surface area contributed by atoms with E-state index in [0.717, 1.165) is 83.5 Å². The third kappa shape index (κ3) is 40.3. The predicted octanol–water partition coefficient (Wildman–Crippen LogP) is 15.1. The van der Waals surface area contributed by atoms with Crippen LogP contribution in [-0.4, -0.2) is 23.1 Å². The van der Waals surface area contributed by atoms with E-state index in [2.05, 4.69) is 62.5 Å². The van der Waals surface area contributed by atoms with Gasteiger partial charge in [-0.05, 0) is 96.3 Å². The molecule has 4 nitrogen and oxygen atoms in total. The highest BCUT2D eigenvalue weighted by Gasteiger charge is 2.14. The lowest BCUT2D eigenvalue weighted by Crippen LogP contribution is -2.18. The first-order chi connectivity index (χ1) is 24.6. The lowest BCUT2D eigenvalue weighted by atomic mass is 10.0. The van der Waals surface area contributed by atoms with Gasteiger partial charge in [0.15, 0.2) is 0 Å². The van der Waals surface area contributed by atoms with Crippen molar-refractivity contribution in [1.29, 1.82) is 0 Å². The van der Waals surface area contributed by atoms with Crippen LogP contribution in [0.3, 0.4) is 0 Å². The minimum atomic E-state index is -0.707. The summed E-state index contributed by atoms with van der Waals surface area (Å²) in [6, 6.07) is 0. The van der Waals surface area contributed by atoms with Crippen molar-refractivity contribution in [2.75, 3.05) is 0 Å². The number of carboxylic acids is 1. The number of esters is 1. The zero-order valence-electron chi connectivity index (χ0n) is 33.2. The van der Waals surface area contributed by atoms with Crippen molar-refractivity contribution in [1.82, 2.24) is 0 Å². The Hall–Kier alpha value is -2.10. The summed E-state index contributed by atoms with van der Waals surface area (Å²) in [4.78, 5) is 23.4. The highest BCUT2D eigenvalue weighted by atomic mass is 16.5. The van der Waals surface area contributed by atoms with E-state index in [0.29, 0.717) is 6.42 Å². The second-order valence-corrected chi connectivity index (χ2v) is 14.5. The van der Waals surface area contributed by atoms with Crippen LogP contribution in [0.25, 0.3) is 0 Å². The molecule has 0 aromatic rings. The molecule has 0 saturated carbocycles. The van der Waals surface area contributed by atoms with Crippen LogP contribution in [0.2, 0.25) is 0 Å². The summed E-state index contributed by atoms with van der Waals surface area (Å²) >= 11 is 0. The van der Waals surface area contributed by atoms with Crippen molar-refractivity contribution in [3.63, 3.8) is 0 Å². The zero-order chi connectivity index (χ0) is 36.4. The lowest BCUT2D eigenvalue weighted by molar-refractivity contribution is -0.150. The molecule has 1 atom stereocenters. The van der Waals surface area contributed by atoms with E-state index in [1.807, 2.05) is 0 Å². The number of carboxylic acid groups (broad SMARTS) is 1. The van der Waals surface area contributed by atoms with Crippen molar-refractivity contribution < 1.29 is 19.4 Å². The summed E-state index contributed by atoms with van der Waals surface area (Å²) in [7, 11) is 0. The zero-order valence-corrected chi connectivity index (χ0v) is 33.2. The Balaban J connectivity index is 4.05. The lowest BCUT2D eigenvalue weighted by Gasteiger charge is -2.18. The van der Waals surface area contributed by atoms with E-state index in [1.165, 1.54) is 116 Å². The molecule has 0 radical (unpaired) electrons. The molecule has 0 amide bonds. The van der Waals surface area contributed by atoms with E-state index >= 15 is 0 Å². The number of ether oxygens (including phenoxy) is 1. The highest BCUT2D eigenvalue weighted by molar-refractivity contribution is 5.69. The normalized spacial score (nSPS) is 12.7. The molecule has 0 fully saturated rings. The Morgan fingerprint density at radius 2 is 0.800 bits per heavy atom. The maximum Gasteiger partial charge on any atom is 0.306 e. The summed E-state index contributed by atoms with van der Waals surface area (Å²) in [5.74, 6) is -0.731. The molecule has 50 heavy (non-hydrogen) atoms. The quantitative estimate of drug-likeness (QED) is 0.0394. The third-order valence-corrected chi connectivity index (χ3v) is 9.52. The van der Waals surface area contributed by atoms with Gasteiger partial charge in [-0.1, -0.05) is 165 Å². The van der Waals surface area contributed by atoms with Gasteiger partial charge in [-0.15, -0.1) is 0 Å². The van der Waals surface area contributed by atoms with Crippen molar-refractivity contribution in [2.45, 2.75) is 232 Å². The minimum absolute atomic E-state index is 0.00942. The summed E-state index contributed by atoms with van der Waals surface area (Å²) in [6.45, 7) is 4.52. The summed E-state index contributed by atoms with van der Waals surface area (Å²) in [5.41, 5.74) is 0. The molecule has 0 heterocycles. The van der Waals surface area contributed by atoms with E-state index in [4.69, 9.17) is 9.84 Å². The van der Waals surface area contributed by atoms with Crippen molar-refractivity contribution in [2.24, 2.45) is 0 Å². The average molecular weight is 699 g/mol. The molecule has 0 bridgehead atoms. The van der Waals surface area contributed by atoms with Gasteiger partial charge < -0.3 is 9.84 Å². The van der Waals surface area contributed by atoms with E-state index in [-0.39, 0.29) is 18.5 Å². The van der Waals surface area contributed by atoms with E-state index in [9.17, 15) is 9.59 Å². The number of hydrogen-bond acceptors (Lipinski definition) is 3. The molecular weight excluding hydrogens is 617 g/mol. The van der Waals surface area contributed by atoms with Gasteiger partial charge in [-0.3, -0.25) is 9.59 Å². The monoisotopic (exact) mass is 699 g/mol. The van der Waals surface area contributed by atoms with Crippen molar-refractivity contribution in [3.8, 4) is 0 Å². The van der Waals surface area contributed by atoms with Crippen molar-refractivity contribution >= 4 is 11.9 Å². The molecule has 0 spiro atoms. The fourth-order valence-corrected chi connectivity index (χ4v) is 6.31. The molecule has 0 rings (SSSR count). The number of carbonyl (C=O) groups is 2. The van der Waals surface area contributed by atoms with Gasteiger partial charge in [0, 0.05) is 12.8 Å². The maximum absolute atomic E-state index is 12.7. The maximum atomic E-state index is 12.7. The third-order valence-electron chi connectivity index (χ3n) is 9.52. The highest BCUT2D eigenvalue weighted by Crippen LogP contribution is 2.18. The van der Waals surface area contributed by atoms with Gasteiger partial charge in [0.1, 0.15) is 6.10 Å². The molecule has 1 N–H and O–H groups in total. The average Bonchev–Trinajstić information content (AvgIpc) is 3.10. The Bertz CT molecular complexity index is 839. The van der Waals surface area contributed by atoms with E-state index in [1.54, 1.807) is 0 Å². The summed E-state index contributed by atoms with van der Waals surface area (Å²) in [5, 5.41) is 8.83. The van der Waals surface area contributed by atoms with Crippen LogP contribution in [0.4, 0.5) is 0 Å². The van der Waals surface area contributed by atoms with Crippen LogP contribution in [0, 0.1) is 0 Å². The second kappa shape index (κ2) is 41.3. The Morgan fingerprint density at radius 3 is 1.30 bits per heavy atom. The summed E-state index contributed by atoms with van der Waals surface area (Å²) in [6.07, 6.45) is 55.6. The summed E-state index contributed by atoms with van der Waals surface area (Å²) < 4.78 is 5.99. The Kier molecular flexibility index (Phi) is 39.6. The van der Waals surface area contributed by atoms with Crippen LogP contribution in [0.1, 0.15) is 226 Å². The molecule has 0 aliphatic heterocycles.